The third-order valence-corrected chi connectivity index (χ3v) is 2.13. The molecule has 1 rings (SSSR count). The van der Waals surface area contributed by atoms with Crippen LogP contribution in [0.4, 0.5) is 0 Å². The average molecular weight is 231 g/mol. The monoisotopic (exact) mass is 230 g/mol. The molecule has 1 heterocycles. The van der Waals surface area contributed by atoms with E-state index in [0.29, 0.717) is 6.42 Å². The minimum Gasteiger partial charge on any atom is -0.265 e. The van der Waals surface area contributed by atoms with Crippen molar-refractivity contribution in [1.82, 2.24) is 4.98 Å². The van der Waals surface area contributed by atoms with Crippen LogP contribution in [0.5, 0.6) is 0 Å². The Morgan fingerprint density at radius 1 is 1.67 bits per heavy atom. The minimum atomic E-state index is -0.327. The van der Waals surface area contributed by atoms with Crippen molar-refractivity contribution in [2.24, 2.45) is 0 Å². The second-order valence-electron chi connectivity index (χ2n) is 2.27. The molecular weight excluding hydrogens is 224 g/mol. The summed E-state index contributed by atoms with van der Waals surface area (Å²) >= 11 is 3.26. The Kier molecular flexibility index (Phi) is 3.16. The molecule has 0 aliphatic rings. The summed E-state index contributed by atoms with van der Waals surface area (Å²) in [5.74, 6) is 0. The fourth-order valence-corrected chi connectivity index (χ4v) is 1.27. The number of aromatic nitrogens is 1. The van der Waals surface area contributed by atoms with Gasteiger partial charge in [-0.25, -0.2) is 0 Å². The number of halogens is 1. The fraction of sp³-hybridized carbons (Fsp3) is 0.286. The van der Waals surface area contributed by atoms with Crippen LogP contribution in [0.25, 0.3) is 0 Å². The molecular formula is C7H7BrN2O2. The first-order chi connectivity index (χ1) is 5.70. The van der Waals surface area contributed by atoms with Crippen LogP contribution in [0.1, 0.15) is 5.56 Å². The molecule has 0 amide bonds. The SMILES string of the molecule is O=[N+]([O-])CCc1ccncc1Br. The maximum absolute atomic E-state index is 10.1. The van der Waals surface area contributed by atoms with Gasteiger partial charge in [-0.05, 0) is 27.6 Å². The Morgan fingerprint density at radius 3 is 3.00 bits per heavy atom. The van der Waals surface area contributed by atoms with E-state index in [0.717, 1.165) is 10.0 Å². The first kappa shape index (κ1) is 9.12. The molecule has 5 heteroatoms. The van der Waals surface area contributed by atoms with E-state index < -0.39 is 0 Å². The number of rotatable bonds is 3. The van der Waals surface area contributed by atoms with E-state index in [9.17, 15) is 10.1 Å². The molecule has 0 spiro atoms. The van der Waals surface area contributed by atoms with Gasteiger partial charge in [-0.3, -0.25) is 15.1 Å². The van der Waals surface area contributed by atoms with Gasteiger partial charge in [0.15, 0.2) is 0 Å². The van der Waals surface area contributed by atoms with Gasteiger partial charge in [0.2, 0.25) is 6.54 Å². The first-order valence-corrected chi connectivity index (χ1v) is 4.19. The third kappa shape index (κ3) is 2.58. The number of hydrogen-bond donors (Lipinski definition) is 0. The van der Waals surface area contributed by atoms with Crippen molar-refractivity contribution in [3.05, 3.63) is 38.6 Å². The van der Waals surface area contributed by atoms with E-state index in [1.54, 1.807) is 18.5 Å². The van der Waals surface area contributed by atoms with Gasteiger partial charge in [-0.1, -0.05) is 0 Å². The quantitative estimate of drug-likeness (QED) is 0.587. The summed E-state index contributed by atoms with van der Waals surface area (Å²) in [6.07, 6.45) is 3.70. The van der Waals surface area contributed by atoms with Crippen LogP contribution >= 0.6 is 15.9 Å². The highest BCUT2D eigenvalue weighted by Crippen LogP contribution is 2.14. The highest BCUT2D eigenvalue weighted by atomic mass is 79.9. The maximum Gasteiger partial charge on any atom is 0.207 e. The summed E-state index contributed by atoms with van der Waals surface area (Å²) in [7, 11) is 0. The highest BCUT2D eigenvalue weighted by Gasteiger charge is 2.02. The fourth-order valence-electron chi connectivity index (χ4n) is 0.818. The van der Waals surface area contributed by atoms with Crippen LogP contribution in [-0.4, -0.2) is 16.5 Å². The van der Waals surface area contributed by atoms with Gasteiger partial charge in [0.05, 0.1) is 0 Å². The Hall–Kier alpha value is -0.970. The maximum atomic E-state index is 10.1. The lowest BCUT2D eigenvalue weighted by molar-refractivity contribution is -0.479. The molecule has 1 aromatic heterocycles. The smallest absolute Gasteiger partial charge is 0.207 e. The molecule has 0 aromatic carbocycles. The molecule has 0 saturated carbocycles. The van der Waals surface area contributed by atoms with Gasteiger partial charge in [0.25, 0.3) is 0 Å². The zero-order valence-electron chi connectivity index (χ0n) is 6.24. The largest absolute Gasteiger partial charge is 0.265 e. The van der Waals surface area contributed by atoms with Crippen molar-refractivity contribution in [1.29, 1.82) is 0 Å². The lowest BCUT2D eigenvalue weighted by Crippen LogP contribution is -2.04. The summed E-state index contributed by atoms with van der Waals surface area (Å²) in [6, 6.07) is 1.77. The summed E-state index contributed by atoms with van der Waals surface area (Å²) in [5.41, 5.74) is 0.918. The van der Waals surface area contributed by atoms with Crippen molar-refractivity contribution >= 4 is 15.9 Å². The molecule has 0 radical (unpaired) electrons. The minimum absolute atomic E-state index is 0.0391. The van der Waals surface area contributed by atoms with Crippen LogP contribution < -0.4 is 0 Å². The zero-order chi connectivity index (χ0) is 8.97. The van der Waals surface area contributed by atoms with Crippen molar-refractivity contribution in [2.45, 2.75) is 6.42 Å². The van der Waals surface area contributed by atoms with Gasteiger partial charge in [-0.15, -0.1) is 0 Å². The molecule has 0 fully saturated rings. The van der Waals surface area contributed by atoms with Crippen molar-refractivity contribution < 1.29 is 4.92 Å². The standard InChI is InChI=1S/C7H7BrN2O2/c8-7-5-9-3-1-6(7)2-4-10(11)12/h1,3,5H,2,4H2. The van der Waals surface area contributed by atoms with Gasteiger partial charge in [0, 0.05) is 28.2 Å². The van der Waals surface area contributed by atoms with Crippen molar-refractivity contribution in [3.63, 3.8) is 0 Å². The molecule has 4 nitrogen and oxygen atoms in total. The zero-order valence-corrected chi connectivity index (χ0v) is 7.82. The van der Waals surface area contributed by atoms with Crippen LogP contribution in [-0.2, 0) is 6.42 Å². The highest BCUT2D eigenvalue weighted by molar-refractivity contribution is 9.10. The van der Waals surface area contributed by atoms with Crippen molar-refractivity contribution in [3.8, 4) is 0 Å². The summed E-state index contributed by atoms with van der Waals surface area (Å²) in [6.45, 7) is -0.0391. The molecule has 0 saturated heterocycles. The first-order valence-electron chi connectivity index (χ1n) is 3.40. The Balaban J connectivity index is 2.63. The van der Waals surface area contributed by atoms with Gasteiger partial charge in [-0.2, -0.15) is 0 Å². The summed E-state index contributed by atoms with van der Waals surface area (Å²) < 4.78 is 0.826. The molecule has 1 aromatic rings. The van der Waals surface area contributed by atoms with Crippen molar-refractivity contribution in [2.75, 3.05) is 6.54 Å². The molecule has 64 valence electrons. The normalized spacial score (nSPS) is 9.75. The van der Waals surface area contributed by atoms with E-state index in [1.807, 2.05) is 0 Å². The predicted octanol–water partition coefficient (Wildman–Crippen LogP) is 1.66. The van der Waals surface area contributed by atoms with Crippen LogP contribution in [0, 0.1) is 10.1 Å². The van der Waals surface area contributed by atoms with Crippen LogP contribution in [0.15, 0.2) is 22.9 Å². The number of pyridine rings is 1. The summed E-state index contributed by atoms with van der Waals surface area (Å²) in [4.78, 5) is 13.6. The van der Waals surface area contributed by atoms with Crippen LogP contribution in [0.3, 0.4) is 0 Å². The Bertz CT molecular complexity index is 290. The lowest BCUT2D eigenvalue weighted by Gasteiger charge is -1.98. The lowest BCUT2D eigenvalue weighted by atomic mass is 10.2. The Labute approximate surface area is 77.9 Å². The molecule has 0 aliphatic carbocycles. The summed E-state index contributed by atoms with van der Waals surface area (Å²) in [5, 5.41) is 10.1. The van der Waals surface area contributed by atoms with E-state index in [-0.39, 0.29) is 11.5 Å². The van der Waals surface area contributed by atoms with E-state index in [4.69, 9.17) is 0 Å². The number of hydrogen-bond acceptors (Lipinski definition) is 3. The average Bonchev–Trinajstić information content (AvgIpc) is 2.03. The number of nitro groups is 1. The van der Waals surface area contributed by atoms with E-state index >= 15 is 0 Å². The molecule has 0 aliphatic heterocycles. The molecule has 12 heavy (non-hydrogen) atoms. The van der Waals surface area contributed by atoms with Gasteiger partial charge in [0.1, 0.15) is 0 Å². The Morgan fingerprint density at radius 2 is 2.42 bits per heavy atom. The second-order valence-corrected chi connectivity index (χ2v) is 3.13. The molecule has 0 N–H and O–H groups in total. The number of nitrogens with zero attached hydrogens (tertiary/aromatic N) is 2. The van der Waals surface area contributed by atoms with Crippen LogP contribution in [0.2, 0.25) is 0 Å². The topological polar surface area (TPSA) is 56.0 Å². The molecule has 0 atom stereocenters. The van der Waals surface area contributed by atoms with Gasteiger partial charge < -0.3 is 0 Å². The molecule has 0 unspecified atom stereocenters. The molecule has 0 bridgehead atoms. The van der Waals surface area contributed by atoms with E-state index in [1.165, 1.54) is 0 Å². The van der Waals surface area contributed by atoms with Gasteiger partial charge >= 0.3 is 0 Å². The second kappa shape index (κ2) is 4.15. The van der Waals surface area contributed by atoms with E-state index in [2.05, 4.69) is 20.9 Å². The predicted molar refractivity (Wildman–Crippen MR) is 47.5 cm³/mol. The third-order valence-electron chi connectivity index (χ3n) is 1.42.